The lowest BCUT2D eigenvalue weighted by atomic mass is 10.2. The van der Waals surface area contributed by atoms with Crippen LogP contribution < -0.4 is 5.32 Å². The van der Waals surface area contributed by atoms with Gasteiger partial charge >= 0.3 is 0 Å². The Balaban J connectivity index is 2.25. The Morgan fingerprint density at radius 2 is 2.00 bits per heavy atom. The van der Waals surface area contributed by atoms with Crippen LogP contribution in [0.5, 0.6) is 0 Å². The molecule has 0 radical (unpaired) electrons. The summed E-state index contributed by atoms with van der Waals surface area (Å²) in [5.41, 5.74) is 0.496. The van der Waals surface area contributed by atoms with Crippen molar-refractivity contribution < 1.29 is 4.39 Å². The monoisotopic (exact) mass is 292 g/mol. The first-order chi connectivity index (χ1) is 8.19. The van der Waals surface area contributed by atoms with Crippen molar-refractivity contribution in [1.29, 1.82) is 5.26 Å². The van der Waals surface area contributed by atoms with E-state index in [9.17, 15) is 4.39 Å². The van der Waals surface area contributed by atoms with E-state index in [-0.39, 0.29) is 17.2 Å². The second-order valence-corrected chi connectivity index (χ2v) is 4.07. The number of hydrogen-bond acceptors (Lipinski definition) is 4. The largest absolute Gasteiger partial charge is 0.322 e. The molecule has 0 amide bonds. The van der Waals surface area contributed by atoms with E-state index >= 15 is 0 Å². The molecule has 2 rings (SSSR count). The van der Waals surface area contributed by atoms with Gasteiger partial charge in [0.2, 0.25) is 5.95 Å². The van der Waals surface area contributed by atoms with Gasteiger partial charge in [-0.25, -0.2) is 14.4 Å². The summed E-state index contributed by atoms with van der Waals surface area (Å²) in [7, 11) is 0. The van der Waals surface area contributed by atoms with Gasteiger partial charge in [-0.15, -0.1) is 0 Å². The number of hydrogen-bond donors (Lipinski definition) is 1. The molecule has 0 saturated heterocycles. The van der Waals surface area contributed by atoms with Crippen molar-refractivity contribution in [1.82, 2.24) is 9.97 Å². The van der Waals surface area contributed by atoms with Crippen LogP contribution in [0, 0.1) is 17.1 Å². The molecule has 0 aliphatic carbocycles. The Kier molecular flexibility index (Phi) is 3.30. The maximum atomic E-state index is 13.5. The van der Waals surface area contributed by atoms with Gasteiger partial charge in [0.05, 0.1) is 21.8 Å². The van der Waals surface area contributed by atoms with Crippen molar-refractivity contribution >= 4 is 27.6 Å². The molecule has 0 atom stereocenters. The highest BCUT2D eigenvalue weighted by atomic mass is 79.9. The minimum atomic E-state index is -0.518. The molecule has 2 aromatic rings. The fourth-order valence-electron chi connectivity index (χ4n) is 1.18. The number of halogens is 2. The van der Waals surface area contributed by atoms with Gasteiger partial charge in [-0.05, 0) is 34.1 Å². The maximum Gasteiger partial charge on any atom is 0.227 e. The van der Waals surface area contributed by atoms with Crippen LogP contribution in [-0.4, -0.2) is 9.97 Å². The van der Waals surface area contributed by atoms with Crippen LogP contribution in [0.25, 0.3) is 0 Å². The average molecular weight is 293 g/mol. The molecule has 0 aliphatic heterocycles. The van der Waals surface area contributed by atoms with Crippen LogP contribution >= 0.6 is 15.9 Å². The number of aromatic nitrogens is 2. The van der Waals surface area contributed by atoms with Crippen molar-refractivity contribution in [3.05, 3.63) is 46.4 Å². The molecule has 1 N–H and O–H groups in total. The second-order valence-electron chi connectivity index (χ2n) is 3.16. The van der Waals surface area contributed by atoms with Gasteiger partial charge in [-0.2, -0.15) is 5.26 Å². The highest BCUT2D eigenvalue weighted by Crippen LogP contribution is 2.18. The predicted molar refractivity (Wildman–Crippen MR) is 64.1 cm³/mol. The standard InChI is InChI=1S/C11H6BrFN4/c12-8-5-15-11(16-6-8)17-10-2-1-7(4-14)3-9(10)13/h1-3,5-6H,(H,15,16,17). The lowest BCUT2D eigenvalue weighted by Gasteiger charge is -2.05. The van der Waals surface area contributed by atoms with E-state index in [0.717, 1.165) is 10.5 Å². The Labute approximate surface area is 105 Å². The lowest BCUT2D eigenvalue weighted by Crippen LogP contribution is -1.98. The van der Waals surface area contributed by atoms with Crippen molar-refractivity contribution in [3.63, 3.8) is 0 Å². The molecule has 1 aromatic carbocycles. The van der Waals surface area contributed by atoms with Crippen molar-refractivity contribution in [2.75, 3.05) is 5.32 Å². The highest BCUT2D eigenvalue weighted by molar-refractivity contribution is 9.10. The van der Waals surface area contributed by atoms with Crippen molar-refractivity contribution in [3.8, 4) is 6.07 Å². The Hall–Kier alpha value is -2.00. The highest BCUT2D eigenvalue weighted by Gasteiger charge is 2.05. The van der Waals surface area contributed by atoms with E-state index in [2.05, 4.69) is 31.2 Å². The molecular formula is C11H6BrFN4. The quantitative estimate of drug-likeness (QED) is 0.924. The fourth-order valence-corrected chi connectivity index (χ4v) is 1.39. The van der Waals surface area contributed by atoms with Crippen LogP contribution in [0.3, 0.4) is 0 Å². The molecule has 0 fully saturated rings. The zero-order valence-electron chi connectivity index (χ0n) is 8.48. The zero-order chi connectivity index (χ0) is 12.3. The Morgan fingerprint density at radius 1 is 1.29 bits per heavy atom. The maximum absolute atomic E-state index is 13.5. The number of nitriles is 1. The smallest absolute Gasteiger partial charge is 0.227 e. The molecule has 0 unspecified atom stereocenters. The third kappa shape index (κ3) is 2.77. The van der Waals surface area contributed by atoms with Crippen LogP contribution in [0.1, 0.15) is 5.56 Å². The summed E-state index contributed by atoms with van der Waals surface area (Å²) in [6, 6.07) is 6.00. The summed E-state index contributed by atoms with van der Waals surface area (Å²) in [6.07, 6.45) is 3.10. The molecule has 1 heterocycles. The number of nitrogens with one attached hydrogen (secondary N) is 1. The number of benzene rings is 1. The number of rotatable bonds is 2. The van der Waals surface area contributed by atoms with E-state index in [1.165, 1.54) is 12.1 Å². The summed E-state index contributed by atoms with van der Waals surface area (Å²) < 4.78 is 14.3. The van der Waals surface area contributed by atoms with E-state index in [0.29, 0.717) is 0 Å². The van der Waals surface area contributed by atoms with Gasteiger partial charge in [-0.3, -0.25) is 0 Å². The van der Waals surface area contributed by atoms with Crippen LogP contribution in [-0.2, 0) is 0 Å². The molecular weight excluding hydrogens is 287 g/mol. The van der Waals surface area contributed by atoms with Gasteiger partial charge in [-0.1, -0.05) is 0 Å². The van der Waals surface area contributed by atoms with E-state index in [4.69, 9.17) is 5.26 Å². The second kappa shape index (κ2) is 4.89. The van der Waals surface area contributed by atoms with Crippen LogP contribution in [0.4, 0.5) is 16.0 Å². The molecule has 0 bridgehead atoms. The number of nitrogens with zero attached hydrogens (tertiary/aromatic N) is 3. The zero-order valence-corrected chi connectivity index (χ0v) is 10.1. The Bertz CT molecular complexity index is 577. The van der Waals surface area contributed by atoms with Crippen LogP contribution in [0.2, 0.25) is 0 Å². The van der Waals surface area contributed by atoms with Gasteiger partial charge in [0.1, 0.15) is 5.82 Å². The summed E-state index contributed by atoms with van der Waals surface area (Å²) >= 11 is 3.20. The van der Waals surface area contributed by atoms with Crippen LogP contribution in [0.15, 0.2) is 35.1 Å². The van der Waals surface area contributed by atoms with Gasteiger partial charge in [0, 0.05) is 12.4 Å². The molecule has 0 spiro atoms. The van der Waals surface area contributed by atoms with E-state index in [1.54, 1.807) is 12.4 Å². The molecule has 0 aliphatic rings. The molecule has 0 saturated carbocycles. The van der Waals surface area contributed by atoms with Gasteiger partial charge < -0.3 is 5.32 Å². The third-order valence-electron chi connectivity index (χ3n) is 1.96. The van der Waals surface area contributed by atoms with Gasteiger partial charge in [0.15, 0.2) is 0 Å². The van der Waals surface area contributed by atoms with E-state index in [1.807, 2.05) is 6.07 Å². The Morgan fingerprint density at radius 3 is 2.59 bits per heavy atom. The summed E-state index contributed by atoms with van der Waals surface area (Å²) in [6.45, 7) is 0. The third-order valence-corrected chi connectivity index (χ3v) is 2.37. The van der Waals surface area contributed by atoms with Crippen molar-refractivity contribution in [2.24, 2.45) is 0 Å². The average Bonchev–Trinajstić information content (AvgIpc) is 2.34. The van der Waals surface area contributed by atoms with Crippen molar-refractivity contribution in [2.45, 2.75) is 0 Å². The summed E-state index contributed by atoms with van der Waals surface area (Å²) in [4.78, 5) is 7.91. The predicted octanol–water partition coefficient (Wildman–Crippen LogP) is 2.99. The summed E-state index contributed by atoms with van der Waals surface area (Å²) in [5.74, 6) is -0.229. The van der Waals surface area contributed by atoms with Gasteiger partial charge in [0.25, 0.3) is 0 Å². The van der Waals surface area contributed by atoms with E-state index < -0.39 is 5.82 Å². The normalized spacial score (nSPS) is 9.71. The molecule has 1 aromatic heterocycles. The molecule has 6 heteroatoms. The minimum absolute atomic E-state index is 0.228. The summed E-state index contributed by atoms with van der Waals surface area (Å²) in [5, 5.41) is 11.3. The SMILES string of the molecule is N#Cc1ccc(Nc2ncc(Br)cn2)c(F)c1. The topological polar surface area (TPSA) is 61.6 Å². The number of anilines is 2. The first kappa shape index (κ1) is 11.5. The lowest BCUT2D eigenvalue weighted by molar-refractivity contribution is 0.631. The fraction of sp³-hybridized carbons (Fsp3) is 0. The first-order valence-corrected chi connectivity index (χ1v) is 5.42. The molecule has 4 nitrogen and oxygen atoms in total. The molecule has 84 valence electrons. The molecule has 17 heavy (non-hydrogen) atoms. The minimum Gasteiger partial charge on any atom is -0.322 e. The first-order valence-electron chi connectivity index (χ1n) is 4.63.